The minimum absolute atomic E-state index is 0. The highest BCUT2D eigenvalue weighted by atomic mass is 35.5. The van der Waals surface area contributed by atoms with Crippen molar-refractivity contribution in [3.63, 3.8) is 0 Å². The van der Waals surface area contributed by atoms with Gasteiger partial charge in [-0.25, -0.2) is 0 Å². The van der Waals surface area contributed by atoms with Gasteiger partial charge in [0.1, 0.15) is 5.69 Å². The largest absolute Gasteiger partial charge is 0.326 e. The topological polar surface area (TPSA) is 66.9 Å². The fourth-order valence-electron chi connectivity index (χ4n) is 2.15. The van der Waals surface area contributed by atoms with Crippen LogP contribution in [0.4, 0.5) is 5.69 Å². The second-order valence-electron chi connectivity index (χ2n) is 5.06. The van der Waals surface area contributed by atoms with Crippen LogP contribution in [-0.2, 0) is 4.79 Å². The van der Waals surface area contributed by atoms with Crippen molar-refractivity contribution >= 4 is 35.5 Å². The van der Waals surface area contributed by atoms with E-state index in [1.54, 1.807) is 0 Å². The van der Waals surface area contributed by atoms with Gasteiger partial charge in [-0.1, -0.05) is 23.5 Å². The number of rotatable bonds is 4. The Kier molecular flexibility index (Phi) is 5.27. The standard InChI is InChI=1S/C14H16N4OS.ClH/c1-9(11-6-15-7-11)14(19)16-12-4-2-10(3-5-12)13-8-20-18-17-13;/h2-5,8-9,11,15H,6-7H2,1H3,(H,16,19);1H. The highest BCUT2D eigenvalue weighted by Gasteiger charge is 2.28. The van der Waals surface area contributed by atoms with Crippen molar-refractivity contribution in [1.82, 2.24) is 14.9 Å². The number of nitrogens with zero attached hydrogens (tertiary/aromatic N) is 2. The first-order valence-electron chi connectivity index (χ1n) is 6.63. The average molecular weight is 325 g/mol. The van der Waals surface area contributed by atoms with Crippen molar-refractivity contribution in [2.24, 2.45) is 11.8 Å². The molecule has 1 unspecified atom stereocenters. The Morgan fingerprint density at radius 1 is 1.38 bits per heavy atom. The lowest BCUT2D eigenvalue weighted by atomic mass is 9.88. The molecule has 5 nitrogen and oxygen atoms in total. The van der Waals surface area contributed by atoms with Gasteiger partial charge in [0.2, 0.25) is 5.91 Å². The molecule has 0 saturated carbocycles. The lowest BCUT2D eigenvalue weighted by molar-refractivity contribution is -0.121. The Labute approximate surface area is 133 Å². The molecule has 1 aliphatic rings. The molecule has 1 saturated heterocycles. The lowest BCUT2D eigenvalue weighted by Crippen LogP contribution is -2.48. The minimum Gasteiger partial charge on any atom is -0.326 e. The molecule has 2 heterocycles. The van der Waals surface area contributed by atoms with Gasteiger partial charge in [-0.3, -0.25) is 4.79 Å². The quantitative estimate of drug-likeness (QED) is 0.906. The number of carbonyl (C=O) groups is 1. The van der Waals surface area contributed by atoms with Crippen LogP contribution in [0.15, 0.2) is 29.6 Å². The first kappa shape index (κ1) is 15.9. The maximum absolute atomic E-state index is 12.1. The molecule has 3 rings (SSSR count). The van der Waals surface area contributed by atoms with Crippen LogP contribution in [0.25, 0.3) is 11.3 Å². The van der Waals surface area contributed by atoms with Gasteiger partial charge in [-0.15, -0.1) is 17.5 Å². The number of hydrogen-bond donors (Lipinski definition) is 2. The molecule has 2 aromatic rings. The van der Waals surface area contributed by atoms with E-state index in [-0.39, 0.29) is 24.2 Å². The van der Waals surface area contributed by atoms with Crippen molar-refractivity contribution in [2.45, 2.75) is 6.92 Å². The van der Waals surface area contributed by atoms with Crippen LogP contribution in [0.5, 0.6) is 0 Å². The van der Waals surface area contributed by atoms with Gasteiger partial charge < -0.3 is 10.6 Å². The van der Waals surface area contributed by atoms with E-state index in [4.69, 9.17) is 0 Å². The Balaban J connectivity index is 0.00000161. The molecule has 0 radical (unpaired) electrons. The molecule has 2 N–H and O–H groups in total. The average Bonchev–Trinajstić information content (AvgIpc) is 2.91. The van der Waals surface area contributed by atoms with E-state index < -0.39 is 0 Å². The van der Waals surface area contributed by atoms with Gasteiger partial charge in [-0.05, 0) is 42.7 Å². The van der Waals surface area contributed by atoms with Gasteiger partial charge in [0.15, 0.2) is 0 Å². The molecule has 1 aromatic carbocycles. The zero-order chi connectivity index (χ0) is 13.9. The molecule has 0 bridgehead atoms. The van der Waals surface area contributed by atoms with Crippen LogP contribution in [0.2, 0.25) is 0 Å². The predicted octanol–water partition coefficient (Wildman–Crippen LogP) is 2.42. The molecule has 0 spiro atoms. The Morgan fingerprint density at radius 3 is 2.62 bits per heavy atom. The Morgan fingerprint density at radius 2 is 2.10 bits per heavy atom. The third-order valence-corrected chi connectivity index (χ3v) is 4.25. The van der Waals surface area contributed by atoms with Gasteiger partial charge in [0, 0.05) is 22.5 Å². The Hall–Kier alpha value is -1.50. The number of carbonyl (C=O) groups excluding carboxylic acids is 1. The molecule has 1 amide bonds. The van der Waals surface area contributed by atoms with E-state index in [1.165, 1.54) is 11.5 Å². The zero-order valence-corrected chi connectivity index (χ0v) is 13.2. The third-order valence-electron chi connectivity index (χ3n) is 3.74. The van der Waals surface area contributed by atoms with Crippen molar-refractivity contribution in [3.8, 4) is 11.3 Å². The van der Waals surface area contributed by atoms with Crippen molar-refractivity contribution < 1.29 is 4.79 Å². The predicted molar refractivity (Wildman–Crippen MR) is 86.7 cm³/mol. The fourth-order valence-corrected chi connectivity index (χ4v) is 2.61. The first-order chi connectivity index (χ1) is 9.74. The van der Waals surface area contributed by atoms with E-state index in [1.807, 2.05) is 36.6 Å². The van der Waals surface area contributed by atoms with Gasteiger partial charge in [-0.2, -0.15) is 0 Å². The molecule has 0 aliphatic carbocycles. The number of anilines is 1. The summed E-state index contributed by atoms with van der Waals surface area (Å²) in [4.78, 5) is 12.1. The van der Waals surface area contributed by atoms with Crippen LogP contribution in [-0.4, -0.2) is 28.6 Å². The number of aromatic nitrogens is 2. The van der Waals surface area contributed by atoms with Crippen LogP contribution in [0.1, 0.15) is 6.92 Å². The monoisotopic (exact) mass is 324 g/mol. The van der Waals surface area contributed by atoms with Crippen molar-refractivity contribution in [2.75, 3.05) is 18.4 Å². The summed E-state index contributed by atoms with van der Waals surface area (Å²) in [6.45, 7) is 3.85. The molecular formula is C14H17ClN4OS. The van der Waals surface area contributed by atoms with E-state index >= 15 is 0 Å². The minimum atomic E-state index is 0. The van der Waals surface area contributed by atoms with Crippen LogP contribution in [0.3, 0.4) is 0 Å². The Bertz CT molecular complexity index is 584. The van der Waals surface area contributed by atoms with Gasteiger partial charge in [0.25, 0.3) is 0 Å². The number of benzene rings is 1. The van der Waals surface area contributed by atoms with E-state index in [0.717, 1.165) is 30.0 Å². The fraction of sp³-hybridized carbons (Fsp3) is 0.357. The zero-order valence-electron chi connectivity index (χ0n) is 11.6. The molecule has 1 aromatic heterocycles. The molecular weight excluding hydrogens is 308 g/mol. The highest BCUT2D eigenvalue weighted by Crippen LogP contribution is 2.22. The van der Waals surface area contributed by atoms with Crippen molar-refractivity contribution in [3.05, 3.63) is 29.6 Å². The summed E-state index contributed by atoms with van der Waals surface area (Å²) in [6.07, 6.45) is 0. The molecule has 7 heteroatoms. The first-order valence-corrected chi connectivity index (χ1v) is 7.47. The van der Waals surface area contributed by atoms with E-state index in [2.05, 4.69) is 20.2 Å². The van der Waals surface area contributed by atoms with Gasteiger partial charge in [0.05, 0.1) is 0 Å². The molecule has 1 aliphatic heterocycles. The van der Waals surface area contributed by atoms with E-state index in [9.17, 15) is 4.79 Å². The summed E-state index contributed by atoms with van der Waals surface area (Å²) in [5, 5.41) is 12.1. The van der Waals surface area contributed by atoms with Crippen LogP contribution >= 0.6 is 23.9 Å². The maximum Gasteiger partial charge on any atom is 0.227 e. The maximum atomic E-state index is 12.1. The van der Waals surface area contributed by atoms with Crippen molar-refractivity contribution in [1.29, 1.82) is 0 Å². The smallest absolute Gasteiger partial charge is 0.227 e. The normalized spacial score (nSPS) is 15.7. The highest BCUT2D eigenvalue weighted by molar-refractivity contribution is 7.03. The lowest BCUT2D eigenvalue weighted by Gasteiger charge is -2.31. The number of amides is 1. The second kappa shape index (κ2) is 6.98. The SMILES string of the molecule is CC(C(=O)Nc1ccc(-c2csnn2)cc1)C1CNC1.Cl. The van der Waals surface area contributed by atoms with Gasteiger partial charge >= 0.3 is 0 Å². The number of hydrogen-bond acceptors (Lipinski definition) is 5. The molecule has 21 heavy (non-hydrogen) atoms. The van der Waals surface area contributed by atoms with Crippen LogP contribution < -0.4 is 10.6 Å². The molecule has 1 fully saturated rings. The number of nitrogens with one attached hydrogen (secondary N) is 2. The molecule has 112 valence electrons. The summed E-state index contributed by atoms with van der Waals surface area (Å²) in [7, 11) is 0. The van der Waals surface area contributed by atoms with E-state index in [0.29, 0.717) is 5.92 Å². The number of halogens is 1. The third kappa shape index (κ3) is 3.58. The summed E-state index contributed by atoms with van der Waals surface area (Å²) in [6, 6.07) is 7.69. The summed E-state index contributed by atoms with van der Waals surface area (Å²) >= 11 is 1.33. The second-order valence-corrected chi connectivity index (χ2v) is 5.67. The summed E-state index contributed by atoms with van der Waals surface area (Å²) in [5.41, 5.74) is 2.69. The summed E-state index contributed by atoms with van der Waals surface area (Å²) in [5.74, 6) is 0.577. The molecule has 1 atom stereocenters. The summed E-state index contributed by atoms with van der Waals surface area (Å²) < 4.78 is 3.84. The van der Waals surface area contributed by atoms with Crippen LogP contribution in [0, 0.1) is 11.8 Å².